The highest BCUT2D eigenvalue weighted by molar-refractivity contribution is 14.0. The van der Waals surface area contributed by atoms with Gasteiger partial charge in [-0.2, -0.15) is 0 Å². The Morgan fingerprint density at radius 2 is 2.13 bits per heavy atom. The lowest BCUT2D eigenvalue weighted by Crippen LogP contribution is -2.40. The lowest BCUT2D eigenvalue weighted by molar-refractivity contribution is -0.129. The Kier molecular flexibility index (Phi) is 12.5. The fourth-order valence-corrected chi connectivity index (χ4v) is 2.93. The molecule has 0 aromatic rings. The number of carbonyl (C=O) groups is 1. The van der Waals surface area contributed by atoms with E-state index in [2.05, 4.69) is 42.9 Å². The number of rotatable bonds is 9. The van der Waals surface area contributed by atoms with Gasteiger partial charge in [0.1, 0.15) is 0 Å². The standard InChI is InChI=1S/C17H34N4O.HI/c1-5-8-13-20(4)17(18-7-3)19-12-11-15(6-2)21-14-9-10-16(21)22;/h15H,5-14H2,1-4H3,(H,18,19);1H. The highest BCUT2D eigenvalue weighted by Crippen LogP contribution is 2.18. The molecule has 0 saturated carbocycles. The SMILES string of the molecule is CCCCN(C)C(=NCCC(CC)N1CCCC1=O)NCC.I. The van der Waals surface area contributed by atoms with E-state index in [1.807, 2.05) is 0 Å². The minimum atomic E-state index is 0. The zero-order chi connectivity index (χ0) is 16.4. The third kappa shape index (κ3) is 7.72. The Balaban J connectivity index is 0.00000484. The maximum atomic E-state index is 11.9. The van der Waals surface area contributed by atoms with E-state index >= 15 is 0 Å². The van der Waals surface area contributed by atoms with Gasteiger partial charge in [0.15, 0.2) is 5.96 Å². The average molecular weight is 438 g/mol. The first kappa shape index (κ1) is 22.5. The third-order valence-electron chi connectivity index (χ3n) is 4.29. The van der Waals surface area contributed by atoms with E-state index in [9.17, 15) is 4.79 Å². The fourth-order valence-electron chi connectivity index (χ4n) is 2.93. The summed E-state index contributed by atoms with van der Waals surface area (Å²) in [5.74, 6) is 1.31. The van der Waals surface area contributed by atoms with Gasteiger partial charge in [-0.3, -0.25) is 9.79 Å². The summed E-state index contributed by atoms with van der Waals surface area (Å²) in [7, 11) is 2.10. The second kappa shape index (κ2) is 12.8. The van der Waals surface area contributed by atoms with Gasteiger partial charge in [-0.25, -0.2) is 0 Å². The molecule has 1 amide bonds. The number of unbranched alkanes of at least 4 members (excludes halogenated alkanes) is 1. The van der Waals surface area contributed by atoms with Crippen molar-refractivity contribution in [1.29, 1.82) is 0 Å². The Morgan fingerprint density at radius 1 is 1.39 bits per heavy atom. The predicted octanol–water partition coefficient (Wildman–Crippen LogP) is 3.09. The van der Waals surface area contributed by atoms with Crippen LogP contribution in [0.1, 0.15) is 59.3 Å². The molecule has 1 heterocycles. The van der Waals surface area contributed by atoms with Crippen molar-refractivity contribution < 1.29 is 4.79 Å². The molecule has 136 valence electrons. The molecule has 23 heavy (non-hydrogen) atoms. The molecular weight excluding hydrogens is 403 g/mol. The van der Waals surface area contributed by atoms with Crippen LogP contribution in [0.15, 0.2) is 4.99 Å². The zero-order valence-electron chi connectivity index (χ0n) is 15.3. The van der Waals surface area contributed by atoms with Crippen LogP contribution in [0.4, 0.5) is 0 Å². The molecule has 0 aliphatic carbocycles. The van der Waals surface area contributed by atoms with Crippen LogP contribution >= 0.6 is 24.0 Å². The quantitative estimate of drug-likeness (QED) is 0.342. The van der Waals surface area contributed by atoms with Gasteiger partial charge in [0.2, 0.25) is 5.91 Å². The molecule has 1 atom stereocenters. The normalized spacial score (nSPS) is 16.3. The van der Waals surface area contributed by atoms with Crippen molar-refractivity contribution >= 4 is 35.8 Å². The van der Waals surface area contributed by atoms with Crippen molar-refractivity contribution in [3.8, 4) is 0 Å². The van der Waals surface area contributed by atoms with Gasteiger partial charge in [-0.1, -0.05) is 20.3 Å². The van der Waals surface area contributed by atoms with Crippen molar-refractivity contribution in [3.05, 3.63) is 0 Å². The number of guanidine groups is 1. The van der Waals surface area contributed by atoms with Gasteiger partial charge >= 0.3 is 0 Å². The molecule has 1 rings (SSSR count). The van der Waals surface area contributed by atoms with Crippen molar-refractivity contribution in [1.82, 2.24) is 15.1 Å². The molecule has 6 heteroatoms. The van der Waals surface area contributed by atoms with Crippen LogP contribution in [0, 0.1) is 0 Å². The number of amides is 1. The summed E-state index contributed by atoms with van der Waals surface area (Å²) in [6.07, 6.45) is 6.09. The number of likely N-dealkylation sites (tertiary alicyclic amines) is 1. The van der Waals surface area contributed by atoms with Crippen LogP contribution in [0.5, 0.6) is 0 Å². The minimum Gasteiger partial charge on any atom is -0.357 e. The van der Waals surface area contributed by atoms with Crippen molar-refractivity contribution in [2.45, 2.75) is 65.3 Å². The van der Waals surface area contributed by atoms with Crippen molar-refractivity contribution in [2.75, 3.05) is 33.2 Å². The first-order valence-electron chi connectivity index (χ1n) is 8.92. The van der Waals surface area contributed by atoms with Crippen molar-refractivity contribution in [2.24, 2.45) is 4.99 Å². The Bertz CT molecular complexity index is 363. The van der Waals surface area contributed by atoms with E-state index in [0.717, 1.165) is 57.8 Å². The van der Waals surface area contributed by atoms with E-state index in [4.69, 9.17) is 4.99 Å². The molecule has 1 unspecified atom stereocenters. The van der Waals surface area contributed by atoms with Crippen LogP contribution in [0.25, 0.3) is 0 Å². The molecule has 5 nitrogen and oxygen atoms in total. The second-order valence-corrected chi connectivity index (χ2v) is 6.05. The van der Waals surface area contributed by atoms with Gasteiger partial charge < -0.3 is 15.1 Å². The predicted molar refractivity (Wildman–Crippen MR) is 109 cm³/mol. The van der Waals surface area contributed by atoms with E-state index in [1.54, 1.807) is 0 Å². The van der Waals surface area contributed by atoms with Crippen LogP contribution < -0.4 is 5.32 Å². The number of hydrogen-bond acceptors (Lipinski definition) is 2. The molecule has 0 aromatic heterocycles. The monoisotopic (exact) mass is 438 g/mol. The summed E-state index contributed by atoms with van der Waals surface area (Å²) in [6.45, 7) is 10.1. The average Bonchev–Trinajstić information content (AvgIpc) is 2.94. The first-order chi connectivity index (χ1) is 10.6. The summed E-state index contributed by atoms with van der Waals surface area (Å²) in [6, 6.07) is 0.350. The fraction of sp³-hybridized carbons (Fsp3) is 0.882. The Morgan fingerprint density at radius 3 is 2.65 bits per heavy atom. The highest BCUT2D eigenvalue weighted by atomic mass is 127. The van der Waals surface area contributed by atoms with E-state index in [-0.39, 0.29) is 24.0 Å². The molecule has 1 aliphatic rings. The molecule has 0 radical (unpaired) electrons. The summed E-state index contributed by atoms with van der Waals surface area (Å²) in [4.78, 5) is 20.9. The van der Waals surface area contributed by atoms with E-state index < -0.39 is 0 Å². The zero-order valence-corrected chi connectivity index (χ0v) is 17.6. The summed E-state index contributed by atoms with van der Waals surface area (Å²) in [5.41, 5.74) is 0. The number of halogens is 1. The lowest BCUT2D eigenvalue weighted by atomic mass is 10.1. The van der Waals surface area contributed by atoms with Crippen molar-refractivity contribution in [3.63, 3.8) is 0 Å². The van der Waals surface area contributed by atoms with Gasteiger partial charge in [-0.05, 0) is 32.6 Å². The molecule has 1 saturated heterocycles. The first-order valence-corrected chi connectivity index (χ1v) is 8.92. The summed E-state index contributed by atoms with van der Waals surface area (Å²) < 4.78 is 0. The highest BCUT2D eigenvalue weighted by Gasteiger charge is 2.26. The summed E-state index contributed by atoms with van der Waals surface area (Å²) >= 11 is 0. The van der Waals surface area contributed by atoms with Crippen LogP contribution in [0.2, 0.25) is 0 Å². The number of nitrogens with zero attached hydrogens (tertiary/aromatic N) is 3. The lowest BCUT2D eigenvalue weighted by Gasteiger charge is -2.27. The van der Waals surface area contributed by atoms with E-state index in [1.165, 1.54) is 12.8 Å². The molecule has 0 bridgehead atoms. The molecule has 1 fully saturated rings. The van der Waals surface area contributed by atoms with Gasteiger partial charge in [0, 0.05) is 45.7 Å². The topological polar surface area (TPSA) is 47.9 Å². The van der Waals surface area contributed by atoms with Gasteiger partial charge in [0.25, 0.3) is 0 Å². The van der Waals surface area contributed by atoms with Crippen LogP contribution in [0.3, 0.4) is 0 Å². The van der Waals surface area contributed by atoms with Gasteiger partial charge in [0.05, 0.1) is 0 Å². The smallest absolute Gasteiger partial charge is 0.222 e. The molecule has 1 aliphatic heterocycles. The number of nitrogens with one attached hydrogen (secondary N) is 1. The largest absolute Gasteiger partial charge is 0.357 e. The second-order valence-electron chi connectivity index (χ2n) is 6.05. The number of carbonyl (C=O) groups excluding carboxylic acids is 1. The van der Waals surface area contributed by atoms with Crippen LogP contribution in [-0.2, 0) is 4.79 Å². The summed E-state index contributed by atoms with van der Waals surface area (Å²) in [5, 5.41) is 3.36. The van der Waals surface area contributed by atoms with E-state index in [0.29, 0.717) is 11.9 Å². The number of hydrogen-bond donors (Lipinski definition) is 1. The third-order valence-corrected chi connectivity index (χ3v) is 4.29. The maximum Gasteiger partial charge on any atom is 0.222 e. The van der Waals surface area contributed by atoms with Gasteiger partial charge in [-0.15, -0.1) is 24.0 Å². The molecule has 0 aromatic carbocycles. The number of aliphatic imine (C=N–C) groups is 1. The Hall–Kier alpha value is -0.530. The molecule has 1 N–H and O–H groups in total. The Labute approximate surface area is 159 Å². The maximum absolute atomic E-state index is 11.9. The minimum absolute atomic E-state index is 0. The van der Waals surface area contributed by atoms with Crippen LogP contribution in [-0.4, -0.2) is 60.9 Å². The molecular formula is C17H35IN4O. The molecule has 0 spiro atoms.